The molecule has 4 rings (SSSR count). The highest BCUT2D eigenvalue weighted by Crippen LogP contribution is 2.33. The molecule has 39 heavy (non-hydrogen) atoms. The third-order valence-electron chi connectivity index (χ3n) is 9.02. The predicted molar refractivity (Wildman–Crippen MR) is 156 cm³/mol. The summed E-state index contributed by atoms with van der Waals surface area (Å²) in [5.41, 5.74) is 10.1. The largest absolute Gasteiger partial charge is 0.379 e. The van der Waals surface area contributed by atoms with Crippen molar-refractivity contribution < 1.29 is 14.3 Å². The van der Waals surface area contributed by atoms with E-state index < -0.39 is 6.17 Å². The zero-order valence-corrected chi connectivity index (χ0v) is 25.2. The van der Waals surface area contributed by atoms with E-state index in [2.05, 4.69) is 39.8 Å². The summed E-state index contributed by atoms with van der Waals surface area (Å²) < 4.78 is 12.1. The van der Waals surface area contributed by atoms with Crippen LogP contribution in [0.4, 0.5) is 0 Å². The Morgan fingerprint density at radius 3 is 2.69 bits per heavy atom. The topological polar surface area (TPSA) is 104 Å². The van der Waals surface area contributed by atoms with E-state index in [4.69, 9.17) is 26.8 Å². The normalized spacial score (nSPS) is 35.0. The number of nitrogens with two attached hydrogens (primary N) is 1. The number of hydrazine groups is 1. The van der Waals surface area contributed by atoms with Gasteiger partial charge < -0.3 is 25.8 Å². The minimum atomic E-state index is -0.446. The molecule has 0 aromatic heterocycles. The van der Waals surface area contributed by atoms with Gasteiger partial charge in [0.25, 0.3) is 0 Å². The number of ether oxygens (including phenoxy) is 2. The SMILES string of the molecule is CCCCCCCC(CCCC)N1CC(Cl)CN2NC(N)C(C(=O)NC3CNCCC3OC3CCCOC3)C21. The van der Waals surface area contributed by atoms with Crippen LogP contribution in [-0.2, 0) is 14.3 Å². The number of unbranched alkanes of at least 4 members (excludes halogenated alkanes) is 5. The maximum absolute atomic E-state index is 14.0. The Morgan fingerprint density at radius 1 is 1.13 bits per heavy atom. The number of rotatable bonds is 14. The van der Waals surface area contributed by atoms with E-state index in [1.165, 1.54) is 44.9 Å². The summed E-state index contributed by atoms with van der Waals surface area (Å²) in [6, 6.07) is 0.323. The molecular weight excluding hydrogens is 516 g/mol. The van der Waals surface area contributed by atoms with Gasteiger partial charge in [-0.2, -0.15) is 0 Å². The Kier molecular flexibility index (Phi) is 13.1. The molecule has 4 fully saturated rings. The molecule has 4 saturated heterocycles. The molecule has 5 N–H and O–H groups in total. The van der Waals surface area contributed by atoms with Gasteiger partial charge in [0, 0.05) is 32.3 Å². The highest BCUT2D eigenvalue weighted by Gasteiger charge is 2.52. The molecule has 0 aromatic carbocycles. The zero-order valence-electron chi connectivity index (χ0n) is 24.4. The lowest BCUT2D eigenvalue weighted by Gasteiger charge is -2.47. The van der Waals surface area contributed by atoms with Crippen molar-refractivity contribution in [1.82, 2.24) is 26.0 Å². The number of carbonyl (C=O) groups excluding carboxylic acids is 1. The van der Waals surface area contributed by atoms with Crippen molar-refractivity contribution in [2.45, 2.75) is 133 Å². The Hall–Kier alpha value is -0.520. The minimum Gasteiger partial charge on any atom is -0.379 e. The van der Waals surface area contributed by atoms with E-state index in [9.17, 15) is 4.79 Å². The van der Waals surface area contributed by atoms with E-state index in [0.29, 0.717) is 25.7 Å². The van der Waals surface area contributed by atoms with E-state index >= 15 is 0 Å². The molecular formula is C29H55ClN6O3. The van der Waals surface area contributed by atoms with Gasteiger partial charge in [-0.1, -0.05) is 58.8 Å². The molecule has 4 heterocycles. The number of nitrogens with one attached hydrogen (secondary N) is 3. The van der Waals surface area contributed by atoms with Crippen LogP contribution in [0, 0.1) is 5.92 Å². The van der Waals surface area contributed by atoms with E-state index in [-0.39, 0.29) is 41.6 Å². The van der Waals surface area contributed by atoms with Crippen LogP contribution in [-0.4, -0.2) is 97.2 Å². The minimum absolute atomic E-state index is 0.00464. The summed E-state index contributed by atoms with van der Waals surface area (Å²) >= 11 is 6.80. The fourth-order valence-electron chi connectivity index (χ4n) is 6.93. The molecule has 0 bridgehead atoms. The lowest BCUT2D eigenvalue weighted by Crippen LogP contribution is -2.64. The predicted octanol–water partition coefficient (Wildman–Crippen LogP) is 2.92. The molecule has 1 amide bonds. The third kappa shape index (κ3) is 8.74. The van der Waals surface area contributed by atoms with E-state index in [1.807, 2.05) is 0 Å². The summed E-state index contributed by atoms with van der Waals surface area (Å²) in [5.74, 6) is -0.362. The smallest absolute Gasteiger partial charge is 0.229 e. The summed E-state index contributed by atoms with van der Waals surface area (Å²) in [5, 5.41) is 8.97. The number of carbonyl (C=O) groups is 1. The van der Waals surface area contributed by atoms with Crippen molar-refractivity contribution in [2.24, 2.45) is 11.7 Å². The number of halogens is 1. The number of hydrogen-bond donors (Lipinski definition) is 4. The second-order valence-corrected chi connectivity index (χ2v) is 12.8. The second-order valence-electron chi connectivity index (χ2n) is 12.2. The summed E-state index contributed by atoms with van der Waals surface area (Å²) in [4.78, 5) is 16.5. The van der Waals surface area contributed by atoms with Crippen LogP contribution in [0.3, 0.4) is 0 Å². The van der Waals surface area contributed by atoms with Crippen molar-refractivity contribution in [1.29, 1.82) is 0 Å². The fraction of sp³-hybridized carbons (Fsp3) is 0.966. The van der Waals surface area contributed by atoms with E-state index in [1.54, 1.807) is 0 Å². The average Bonchev–Trinajstić information content (AvgIpc) is 3.27. The standard InChI is InChI=1S/C29H55ClN6O3/c1-3-5-7-8-9-12-22(11-6-4-2)35-18-21(30)19-36-29(35)26(27(31)34-36)28(37)33-24-17-32-15-14-25(24)39-23-13-10-16-38-20-23/h21-27,29,32,34H,3-20,31H2,1-2H3,(H,33,37). The molecule has 0 spiro atoms. The number of fused-ring (bicyclic) bond motifs is 1. The van der Waals surface area contributed by atoms with Crippen LogP contribution in [0.25, 0.3) is 0 Å². The number of piperidine rings is 1. The van der Waals surface area contributed by atoms with Gasteiger partial charge >= 0.3 is 0 Å². The molecule has 0 aromatic rings. The number of hydrogen-bond acceptors (Lipinski definition) is 8. The van der Waals surface area contributed by atoms with Crippen LogP contribution >= 0.6 is 11.6 Å². The van der Waals surface area contributed by atoms with Gasteiger partial charge in [-0.15, -0.1) is 11.6 Å². The second kappa shape index (κ2) is 16.2. The molecule has 8 atom stereocenters. The van der Waals surface area contributed by atoms with Gasteiger partial charge in [-0.25, -0.2) is 10.4 Å². The van der Waals surface area contributed by atoms with Gasteiger partial charge in [0.05, 0.1) is 48.5 Å². The Morgan fingerprint density at radius 2 is 1.92 bits per heavy atom. The van der Waals surface area contributed by atoms with Gasteiger partial charge in [-0.05, 0) is 38.6 Å². The summed E-state index contributed by atoms with van der Waals surface area (Å²) in [6.45, 7) is 9.06. The lowest BCUT2D eigenvalue weighted by molar-refractivity contribution is -0.135. The summed E-state index contributed by atoms with van der Waals surface area (Å²) in [6.07, 6.45) is 13.5. The zero-order chi connectivity index (χ0) is 27.6. The van der Waals surface area contributed by atoms with Crippen molar-refractivity contribution in [3.05, 3.63) is 0 Å². The quantitative estimate of drug-likeness (QED) is 0.187. The lowest BCUT2D eigenvalue weighted by atomic mass is 9.93. The number of alkyl halides is 1. The molecule has 9 nitrogen and oxygen atoms in total. The molecule has 0 radical (unpaired) electrons. The van der Waals surface area contributed by atoms with Gasteiger partial charge in [-0.3, -0.25) is 9.69 Å². The highest BCUT2D eigenvalue weighted by molar-refractivity contribution is 6.21. The number of amides is 1. The Bertz CT molecular complexity index is 729. The first-order valence-electron chi connectivity index (χ1n) is 15.9. The Labute approximate surface area is 241 Å². The molecule has 8 unspecified atom stereocenters. The Balaban J connectivity index is 1.44. The van der Waals surface area contributed by atoms with Crippen molar-refractivity contribution in [2.75, 3.05) is 39.4 Å². The molecule has 0 aliphatic carbocycles. The van der Waals surface area contributed by atoms with Gasteiger partial charge in [0.15, 0.2) is 0 Å². The van der Waals surface area contributed by atoms with Crippen LogP contribution < -0.4 is 21.8 Å². The van der Waals surface area contributed by atoms with Crippen LogP contribution in [0.5, 0.6) is 0 Å². The van der Waals surface area contributed by atoms with Crippen molar-refractivity contribution >= 4 is 17.5 Å². The monoisotopic (exact) mass is 570 g/mol. The summed E-state index contributed by atoms with van der Waals surface area (Å²) in [7, 11) is 0. The van der Waals surface area contributed by atoms with Crippen molar-refractivity contribution in [3.8, 4) is 0 Å². The van der Waals surface area contributed by atoms with Gasteiger partial charge in [0.1, 0.15) is 0 Å². The first kappa shape index (κ1) is 31.4. The van der Waals surface area contributed by atoms with Crippen LogP contribution in [0.1, 0.15) is 90.9 Å². The van der Waals surface area contributed by atoms with Crippen molar-refractivity contribution in [3.63, 3.8) is 0 Å². The first-order chi connectivity index (χ1) is 19.0. The maximum atomic E-state index is 14.0. The van der Waals surface area contributed by atoms with Crippen LogP contribution in [0.15, 0.2) is 0 Å². The molecule has 10 heteroatoms. The molecule has 4 aliphatic rings. The third-order valence-corrected chi connectivity index (χ3v) is 9.30. The van der Waals surface area contributed by atoms with Crippen LogP contribution in [0.2, 0.25) is 0 Å². The first-order valence-corrected chi connectivity index (χ1v) is 16.4. The fourth-order valence-corrected chi connectivity index (χ4v) is 7.24. The molecule has 0 saturated carbocycles. The molecule has 226 valence electrons. The maximum Gasteiger partial charge on any atom is 0.229 e. The average molecular weight is 571 g/mol. The molecule has 4 aliphatic heterocycles. The van der Waals surface area contributed by atoms with E-state index in [0.717, 1.165) is 51.8 Å². The number of nitrogens with zero attached hydrogens (tertiary/aromatic N) is 2. The van der Waals surface area contributed by atoms with Gasteiger partial charge in [0.2, 0.25) is 5.91 Å². The highest BCUT2D eigenvalue weighted by atomic mass is 35.5.